The fourth-order valence-corrected chi connectivity index (χ4v) is 4.00. The maximum absolute atomic E-state index is 12.4. The summed E-state index contributed by atoms with van der Waals surface area (Å²) >= 11 is 0. The molecule has 0 spiro atoms. The van der Waals surface area contributed by atoms with Crippen LogP contribution < -0.4 is 10.2 Å². The van der Waals surface area contributed by atoms with Crippen LogP contribution in [0.25, 0.3) is 0 Å². The molecular formula is C18H26N2O. The molecule has 1 aromatic rings. The van der Waals surface area contributed by atoms with Gasteiger partial charge >= 0.3 is 0 Å². The summed E-state index contributed by atoms with van der Waals surface area (Å²) in [4.78, 5) is 14.6. The molecule has 0 saturated heterocycles. The number of fused-ring (bicyclic) bond motifs is 2. The number of benzene rings is 1. The first-order valence-corrected chi connectivity index (χ1v) is 8.20. The number of hydrogen-bond donors (Lipinski definition) is 1. The number of nitrogens with zero attached hydrogens (tertiary/aromatic N) is 1. The summed E-state index contributed by atoms with van der Waals surface area (Å²) in [6.07, 6.45) is 5.03. The lowest BCUT2D eigenvalue weighted by Gasteiger charge is -2.28. The van der Waals surface area contributed by atoms with Crippen molar-refractivity contribution in [1.82, 2.24) is 5.32 Å². The van der Waals surface area contributed by atoms with Crippen LogP contribution in [0.1, 0.15) is 32.6 Å². The Balaban J connectivity index is 1.49. The minimum atomic E-state index is 0.288. The van der Waals surface area contributed by atoms with E-state index in [1.54, 1.807) is 0 Å². The normalized spacial score (nSPS) is 28.4. The first-order valence-electron chi connectivity index (χ1n) is 8.20. The fraction of sp³-hybridized carbons (Fsp3) is 0.611. The molecule has 0 unspecified atom stereocenters. The van der Waals surface area contributed by atoms with Crippen LogP contribution in [0.2, 0.25) is 0 Å². The van der Waals surface area contributed by atoms with Gasteiger partial charge in [0.1, 0.15) is 0 Å². The first-order chi connectivity index (χ1) is 10.1. The minimum Gasteiger partial charge on any atom is -0.370 e. The van der Waals surface area contributed by atoms with Crippen LogP contribution in [-0.2, 0) is 4.79 Å². The average molecular weight is 286 g/mol. The van der Waals surface area contributed by atoms with E-state index in [4.69, 9.17) is 0 Å². The second-order valence-corrected chi connectivity index (χ2v) is 6.82. The van der Waals surface area contributed by atoms with Crippen molar-refractivity contribution >= 4 is 11.6 Å². The van der Waals surface area contributed by atoms with Crippen LogP contribution in [0.4, 0.5) is 5.69 Å². The van der Waals surface area contributed by atoms with Crippen LogP contribution in [0.5, 0.6) is 0 Å². The van der Waals surface area contributed by atoms with E-state index < -0.39 is 0 Å². The van der Waals surface area contributed by atoms with E-state index >= 15 is 0 Å². The van der Waals surface area contributed by atoms with Crippen LogP contribution in [-0.4, -0.2) is 25.5 Å². The number of nitrogens with one attached hydrogen (secondary N) is 1. The Bertz CT molecular complexity index is 487. The summed E-state index contributed by atoms with van der Waals surface area (Å²) < 4.78 is 0. The Morgan fingerprint density at radius 1 is 1.29 bits per heavy atom. The molecule has 2 aliphatic rings. The minimum absolute atomic E-state index is 0.288. The molecule has 3 rings (SSSR count). The number of para-hydroxylation sites is 1. The summed E-state index contributed by atoms with van der Waals surface area (Å²) in [5.41, 5.74) is 1.19. The average Bonchev–Trinajstić information content (AvgIpc) is 3.15. The summed E-state index contributed by atoms with van der Waals surface area (Å²) in [5.74, 6) is 2.07. The van der Waals surface area contributed by atoms with Gasteiger partial charge in [-0.1, -0.05) is 24.6 Å². The van der Waals surface area contributed by atoms with Crippen molar-refractivity contribution in [3.8, 4) is 0 Å². The lowest BCUT2D eigenvalue weighted by atomic mass is 9.88. The van der Waals surface area contributed by atoms with Gasteiger partial charge in [0.05, 0.1) is 0 Å². The first kappa shape index (κ1) is 14.4. The largest absolute Gasteiger partial charge is 0.370 e. The van der Waals surface area contributed by atoms with Gasteiger partial charge in [-0.15, -0.1) is 0 Å². The smallest absolute Gasteiger partial charge is 0.223 e. The molecule has 114 valence electrons. The predicted octanol–water partition coefficient (Wildman–Crippen LogP) is 3.06. The van der Waals surface area contributed by atoms with Gasteiger partial charge in [0.15, 0.2) is 0 Å². The zero-order valence-electron chi connectivity index (χ0n) is 13.1. The molecule has 0 aliphatic heterocycles. The van der Waals surface area contributed by atoms with Gasteiger partial charge in [-0.2, -0.15) is 0 Å². The van der Waals surface area contributed by atoms with E-state index in [0.717, 1.165) is 18.9 Å². The Labute approximate surface area is 127 Å². The Morgan fingerprint density at radius 2 is 2.05 bits per heavy atom. The molecule has 4 atom stereocenters. The maximum Gasteiger partial charge on any atom is 0.223 e. The summed E-state index contributed by atoms with van der Waals surface area (Å²) in [6, 6.07) is 10.6. The van der Waals surface area contributed by atoms with Gasteiger partial charge in [-0.25, -0.2) is 0 Å². The highest BCUT2D eigenvalue weighted by atomic mass is 16.1. The van der Waals surface area contributed by atoms with Gasteiger partial charge in [-0.05, 0) is 50.2 Å². The number of hydrogen-bond acceptors (Lipinski definition) is 2. The zero-order chi connectivity index (χ0) is 14.8. The van der Waals surface area contributed by atoms with Crippen LogP contribution >= 0.6 is 0 Å². The van der Waals surface area contributed by atoms with Crippen molar-refractivity contribution in [2.45, 2.75) is 38.6 Å². The van der Waals surface area contributed by atoms with Crippen molar-refractivity contribution in [2.75, 3.05) is 18.5 Å². The van der Waals surface area contributed by atoms with Crippen molar-refractivity contribution in [3.63, 3.8) is 0 Å². The third kappa shape index (κ3) is 3.07. The molecule has 0 heterocycles. The van der Waals surface area contributed by atoms with Gasteiger partial charge in [0.2, 0.25) is 5.91 Å². The van der Waals surface area contributed by atoms with Crippen molar-refractivity contribution in [3.05, 3.63) is 30.3 Å². The molecule has 1 amide bonds. The predicted molar refractivity (Wildman–Crippen MR) is 86.3 cm³/mol. The van der Waals surface area contributed by atoms with Crippen LogP contribution in [0.15, 0.2) is 30.3 Å². The Hall–Kier alpha value is -1.51. The third-order valence-electron chi connectivity index (χ3n) is 5.47. The van der Waals surface area contributed by atoms with E-state index in [0.29, 0.717) is 12.0 Å². The molecule has 2 aliphatic carbocycles. The second-order valence-electron chi connectivity index (χ2n) is 6.82. The Morgan fingerprint density at radius 3 is 2.67 bits per heavy atom. The quantitative estimate of drug-likeness (QED) is 0.902. The lowest BCUT2D eigenvalue weighted by Crippen LogP contribution is -2.43. The molecular weight excluding hydrogens is 260 g/mol. The maximum atomic E-state index is 12.4. The SMILES string of the molecule is C[C@H](CNC(=O)[C@@H]1C[C@H]2CC[C@H]1C2)N(C)c1ccccc1. The number of amides is 1. The van der Waals surface area contributed by atoms with E-state index in [2.05, 4.69) is 36.3 Å². The molecule has 2 bridgehead atoms. The molecule has 1 N–H and O–H groups in total. The summed E-state index contributed by atoms with van der Waals surface area (Å²) in [5, 5.41) is 3.18. The molecule has 1 aromatic carbocycles. The summed E-state index contributed by atoms with van der Waals surface area (Å²) in [7, 11) is 2.09. The highest BCUT2D eigenvalue weighted by Crippen LogP contribution is 2.48. The van der Waals surface area contributed by atoms with E-state index in [9.17, 15) is 4.79 Å². The van der Waals surface area contributed by atoms with E-state index in [1.165, 1.54) is 24.9 Å². The van der Waals surface area contributed by atoms with E-state index in [-0.39, 0.29) is 11.8 Å². The van der Waals surface area contributed by atoms with Crippen molar-refractivity contribution < 1.29 is 4.79 Å². The van der Waals surface area contributed by atoms with E-state index in [1.807, 2.05) is 18.2 Å². The highest BCUT2D eigenvalue weighted by Gasteiger charge is 2.42. The van der Waals surface area contributed by atoms with Gasteiger partial charge in [0.25, 0.3) is 0 Å². The molecule has 3 nitrogen and oxygen atoms in total. The third-order valence-corrected chi connectivity index (χ3v) is 5.47. The molecule has 0 radical (unpaired) electrons. The highest BCUT2D eigenvalue weighted by molar-refractivity contribution is 5.79. The number of anilines is 1. The number of carbonyl (C=O) groups is 1. The number of likely N-dealkylation sites (N-methyl/N-ethyl adjacent to an activating group) is 1. The molecule has 2 fully saturated rings. The fourth-order valence-electron chi connectivity index (χ4n) is 4.00. The van der Waals surface area contributed by atoms with Gasteiger partial charge in [0, 0.05) is 31.2 Å². The number of carbonyl (C=O) groups excluding carboxylic acids is 1. The van der Waals surface area contributed by atoms with Crippen molar-refractivity contribution in [1.29, 1.82) is 0 Å². The zero-order valence-corrected chi connectivity index (χ0v) is 13.1. The van der Waals surface area contributed by atoms with Crippen LogP contribution in [0.3, 0.4) is 0 Å². The standard InChI is InChI=1S/C18H26N2O/c1-13(20(2)16-6-4-3-5-7-16)12-19-18(21)17-11-14-8-9-15(17)10-14/h3-7,13-15,17H,8-12H2,1-2H3,(H,19,21)/t13-,14+,15+,17-/m1/s1. The molecule has 2 saturated carbocycles. The van der Waals surface area contributed by atoms with Gasteiger partial charge in [-0.3, -0.25) is 4.79 Å². The molecule has 3 heteroatoms. The molecule has 21 heavy (non-hydrogen) atoms. The second kappa shape index (κ2) is 6.08. The molecule has 0 aromatic heterocycles. The van der Waals surface area contributed by atoms with Gasteiger partial charge < -0.3 is 10.2 Å². The lowest BCUT2D eigenvalue weighted by molar-refractivity contribution is -0.126. The monoisotopic (exact) mass is 286 g/mol. The van der Waals surface area contributed by atoms with Crippen LogP contribution in [0, 0.1) is 17.8 Å². The number of rotatable bonds is 5. The Kier molecular flexibility index (Phi) is 4.18. The van der Waals surface area contributed by atoms with Crippen molar-refractivity contribution in [2.24, 2.45) is 17.8 Å². The summed E-state index contributed by atoms with van der Waals surface area (Å²) in [6.45, 7) is 2.88. The topological polar surface area (TPSA) is 32.3 Å².